The van der Waals surface area contributed by atoms with E-state index >= 15 is 0 Å². The molecule has 0 saturated carbocycles. The molecular weight excluding hydrogens is 511 g/mol. The number of carbonyl (C=O) groups excluding carboxylic acids is 1. The first-order valence-corrected chi connectivity index (χ1v) is 12.0. The number of anilines is 1. The first-order chi connectivity index (χ1) is 17.5. The Morgan fingerprint density at radius 2 is 1.95 bits per heavy atom. The second-order valence-corrected chi connectivity index (χ2v) is 8.45. The minimum absolute atomic E-state index is 0.0274. The van der Waals surface area contributed by atoms with E-state index in [1.54, 1.807) is 13.0 Å². The minimum Gasteiger partial charge on any atom is -0.422 e. The van der Waals surface area contributed by atoms with Crippen molar-refractivity contribution in [2.75, 3.05) is 18.4 Å². The van der Waals surface area contributed by atoms with Gasteiger partial charge in [0, 0.05) is 37.5 Å². The van der Waals surface area contributed by atoms with E-state index in [2.05, 4.69) is 20.5 Å². The van der Waals surface area contributed by atoms with Crippen molar-refractivity contribution < 1.29 is 27.5 Å². The predicted octanol–water partition coefficient (Wildman–Crippen LogP) is 6.18. The Labute approximate surface area is 217 Å². The van der Waals surface area contributed by atoms with Crippen LogP contribution in [0.4, 0.5) is 23.7 Å². The Hall–Kier alpha value is -3.44. The summed E-state index contributed by atoms with van der Waals surface area (Å²) in [6.07, 6.45) is -1.86. The molecule has 3 heterocycles. The molecule has 0 saturated heterocycles. The van der Waals surface area contributed by atoms with E-state index in [9.17, 15) is 23.1 Å². The standard InChI is InChI=1S/C23H21ClF3N5O3.C2H6/c1-12-9-16(3-4-17(12)23(25,26)27)29-22(34)32-7-5-14(6-8-32)19-18(24)10-15(11-28-19)20(33)21-31-30-13(2)35-21;1-2/h3-5,9-11,20,33H,6-8H2,1-2H3,(H,29,34);1-2H3. The van der Waals surface area contributed by atoms with Crippen LogP contribution in [0.5, 0.6) is 0 Å². The number of hydrogen-bond acceptors (Lipinski definition) is 6. The van der Waals surface area contributed by atoms with Gasteiger partial charge in [0.2, 0.25) is 11.8 Å². The topological polar surface area (TPSA) is 104 Å². The number of aliphatic hydroxyl groups is 1. The van der Waals surface area contributed by atoms with Crippen LogP contribution in [0, 0.1) is 13.8 Å². The van der Waals surface area contributed by atoms with Gasteiger partial charge in [0.1, 0.15) is 0 Å². The zero-order valence-electron chi connectivity index (χ0n) is 20.7. The van der Waals surface area contributed by atoms with E-state index in [4.69, 9.17) is 16.0 Å². The molecule has 198 valence electrons. The maximum absolute atomic E-state index is 12.9. The van der Waals surface area contributed by atoms with Crippen molar-refractivity contribution in [3.63, 3.8) is 0 Å². The number of aryl methyl sites for hydroxylation is 2. The van der Waals surface area contributed by atoms with E-state index in [-0.39, 0.29) is 23.7 Å². The summed E-state index contributed by atoms with van der Waals surface area (Å²) in [6.45, 7) is 7.59. The number of rotatable bonds is 4. The van der Waals surface area contributed by atoms with Gasteiger partial charge in [-0.3, -0.25) is 4.98 Å². The third kappa shape index (κ3) is 6.66. The highest BCUT2D eigenvalue weighted by Gasteiger charge is 2.32. The van der Waals surface area contributed by atoms with Crippen LogP contribution in [-0.2, 0) is 6.18 Å². The monoisotopic (exact) mass is 537 g/mol. The molecule has 2 N–H and O–H groups in total. The van der Waals surface area contributed by atoms with Gasteiger partial charge in [-0.2, -0.15) is 13.2 Å². The Morgan fingerprint density at radius 3 is 2.49 bits per heavy atom. The van der Waals surface area contributed by atoms with Crippen molar-refractivity contribution in [2.24, 2.45) is 0 Å². The zero-order chi connectivity index (χ0) is 27.3. The lowest BCUT2D eigenvalue weighted by molar-refractivity contribution is -0.138. The van der Waals surface area contributed by atoms with E-state index in [1.807, 2.05) is 19.9 Å². The number of nitrogens with one attached hydrogen (secondary N) is 1. The Morgan fingerprint density at radius 1 is 1.22 bits per heavy atom. The lowest BCUT2D eigenvalue weighted by Crippen LogP contribution is -2.38. The molecule has 0 bridgehead atoms. The summed E-state index contributed by atoms with van der Waals surface area (Å²) >= 11 is 6.41. The fourth-order valence-corrected chi connectivity index (χ4v) is 4.03. The van der Waals surface area contributed by atoms with Crippen LogP contribution in [-0.4, -0.2) is 44.3 Å². The van der Waals surface area contributed by atoms with Crippen LogP contribution in [0.15, 0.2) is 41.0 Å². The van der Waals surface area contributed by atoms with Crippen molar-refractivity contribution >= 4 is 28.9 Å². The molecule has 1 atom stereocenters. The average molecular weight is 538 g/mol. The molecule has 2 aromatic heterocycles. The number of aromatic nitrogens is 3. The molecule has 3 aromatic rings. The summed E-state index contributed by atoms with van der Waals surface area (Å²) in [5.74, 6) is 0.360. The third-order valence-electron chi connectivity index (χ3n) is 5.54. The Balaban J connectivity index is 0.00000186. The first kappa shape index (κ1) is 28.1. The number of nitrogens with zero attached hydrogens (tertiary/aromatic N) is 4. The SMILES string of the molecule is CC.Cc1nnc(C(O)c2cnc(C3=CCN(C(=O)Nc4ccc(C(F)(F)F)c(C)c4)CC3)c(Cl)c2)o1. The minimum atomic E-state index is -4.45. The molecule has 0 aliphatic carbocycles. The fourth-order valence-electron chi connectivity index (χ4n) is 3.73. The molecule has 1 unspecified atom stereocenters. The molecule has 0 radical (unpaired) electrons. The van der Waals surface area contributed by atoms with Gasteiger partial charge in [-0.1, -0.05) is 31.5 Å². The maximum atomic E-state index is 12.9. The largest absolute Gasteiger partial charge is 0.422 e. The second kappa shape index (κ2) is 11.7. The number of amides is 2. The Kier molecular flexibility index (Phi) is 8.93. The number of pyridine rings is 1. The van der Waals surface area contributed by atoms with Crippen molar-refractivity contribution in [1.82, 2.24) is 20.1 Å². The predicted molar refractivity (Wildman–Crippen MR) is 133 cm³/mol. The number of halogens is 4. The molecule has 2 amide bonds. The van der Waals surface area contributed by atoms with Crippen molar-refractivity contribution in [3.05, 3.63) is 75.7 Å². The summed E-state index contributed by atoms with van der Waals surface area (Å²) in [5, 5.41) is 20.8. The van der Waals surface area contributed by atoms with Crippen molar-refractivity contribution in [3.8, 4) is 0 Å². The van der Waals surface area contributed by atoms with E-state index in [1.165, 1.54) is 30.2 Å². The van der Waals surface area contributed by atoms with Crippen LogP contribution in [0.3, 0.4) is 0 Å². The molecule has 4 rings (SSSR count). The second-order valence-electron chi connectivity index (χ2n) is 8.04. The number of carbonyl (C=O) groups is 1. The molecule has 8 nitrogen and oxygen atoms in total. The summed E-state index contributed by atoms with van der Waals surface area (Å²) in [5.41, 5.74) is 1.33. The van der Waals surface area contributed by atoms with Gasteiger partial charge in [-0.15, -0.1) is 10.2 Å². The van der Waals surface area contributed by atoms with Crippen LogP contribution >= 0.6 is 11.6 Å². The van der Waals surface area contributed by atoms with Crippen LogP contribution < -0.4 is 5.32 Å². The maximum Gasteiger partial charge on any atom is 0.416 e. The number of alkyl halides is 3. The normalized spacial score (nSPS) is 14.4. The lowest BCUT2D eigenvalue weighted by atomic mass is 10.0. The summed E-state index contributed by atoms with van der Waals surface area (Å²) in [6, 6.07) is 4.62. The van der Waals surface area contributed by atoms with Crippen molar-refractivity contribution in [2.45, 2.75) is 46.4 Å². The number of hydrogen-bond donors (Lipinski definition) is 2. The van der Waals surface area contributed by atoms with Gasteiger partial charge < -0.3 is 19.7 Å². The van der Waals surface area contributed by atoms with Crippen LogP contribution in [0.1, 0.15) is 60.5 Å². The highest BCUT2D eigenvalue weighted by molar-refractivity contribution is 6.32. The lowest BCUT2D eigenvalue weighted by Gasteiger charge is -2.27. The van der Waals surface area contributed by atoms with Gasteiger partial charge in [-0.05, 0) is 48.7 Å². The van der Waals surface area contributed by atoms with Gasteiger partial charge in [0.15, 0.2) is 6.10 Å². The quantitative estimate of drug-likeness (QED) is 0.411. The summed E-state index contributed by atoms with van der Waals surface area (Å²) in [7, 11) is 0. The highest BCUT2D eigenvalue weighted by Crippen LogP contribution is 2.33. The molecule has 0 spiro atoms. The number of aliphatic hydroxyl groups excluding tert-OH is 1. The van der Waals surface area contributed by atoms with E-state index in [0.29, 0.717) is 35.1 Å². The van der Waals surface area contributed by atoms with E-state index < -0.39 is 23.9 Å². The molecule has 1 aliphatic heterocycles. The van der Waals surface area contributed by atoms with Gasteiger partial charge in [0.25, 0.3) is 0 Å². The highest BCUT2D eigenvalue weighted by atomic mass is 35.5. The van der Waals surface area contributed by atoms with Gasteiger partial charge >= 0.3 is 12.2 Å². The number of benzene rings is 1. The zero-order valence-corrected chi connectivity index (χ0v) is 21.5. The smallest absolute Gasteiger partial charge is 0.416 e. The third-order valence-corrected chi connectivity index (χ3v) is 5.83. The van der Waals surface area contributed by atoms with Gasteiger partial charge in [-0.25, -0.2) is 4.79 Å². The molecule has 37 heavy (non-hydrogen) atoms. The summed E-state index contributed by atoms with van der Waals surface area (Å²) < 4.78 is 44.1. The molecular formula is C25H27ClF3N5O3. The van der Waals surface area contributed by atoms with E-state index in [0.717, 1.165) is 11.6 Å². The average Bonchev–Trinajstić information content (AvgIpc) is 3.30. The Bertz CT molecular complexity index is 1290. The van der Waals surface area contributed by atoms with Crippen LogP contribution in [0.2, 0.25) is 5.02 Å². The first-order valence-electron chi connectivity index (χ1n) is 11.6. The van der Waals surface area contributed by atoms with Crippen molar-refractivity contribution in [1.29, 1.82) is 0 Å². The van der Waals surface area contributed by atoms with Crippen LogP contribution in [0.25, 0.3) is 5.57 Å². The van der Waals surface area contributed by atoms with Gasteiger partial charge in [0.05, 0.1) is 16.3 Å². The fraction of sp³-hybridized carbons (Fsp3) is 0.360. The number of urea groups is 1. The molecule has 1 aliphatic rings. The molecule has 1 aromatic carbocycles. The summed E-state index contributed by atoms with van der Waals surface area (Å²) in [4.78, 5) is 18.5. The molecule has 12 heteroatoms. The molecule has 0 fully saturated rings.